The van der Waals surface area contributed by atoms with E-state index in [0.717, 1.165) is 19.3 Å². The van der Waals surface area contributed by atoms with Gasteiger partial charge in [-0.05, 0) is 37.1 Å². The van der Waals surface area contributed by atoms with E-state index in [1.54, 1.807) is 0 Å². The van der Waals surface area contributed by atoms with Gasteiger partial charge in [-0.15, -0.1) is 0 Å². The summed E-state index contributed by atoms with van der Waals surface area (Å²) in [6, 6.07) is 5.18. The Labute approximate surface area is 131 Å². The van der Waals surface area contributed by atoms with Crippen LogP contribution in [0.1, 0.15) is 19.3 Å². The third-order valence-electron chi connectivity index (χ3n) is 3.66. The highest BCUT2D eigenvalue weighted by Crippen LogP contribution is 2.24. The molecule has 23 heavy (non-hydrogen) atoms. The molecule has 0 radical (unpaired) electrons. The zero-order valence-electron chi connectivity index (χ0n) is 12.4. The molecule has 0 saturated heterocycles. The van der Waals surface area contributed by atoms with Crippen LogP contribution < -0.4 is 15.4 Å². The minimum atomic E-state index is -4.39. The van der Waals surface area contributed by atoms with Crippen molar-refractivity contribution in [1.29, 1.82) is 0 Å². The minimum Gasteiger partial charge on any atom is -0.484 e. The van der Waals surface area contributed by atoms with Crippen LogP contribution in [0, 0.1) is 5.92 Å². The smallest absolute Gasteiger partial charge is 0.422 e. The number of ether oxygens (including phenoxy) is 1. The number of amides is 2. The van der Waals surface area contributed by atoms with Gasteiger partial charge >= 0.3 is 12.2 Å². The van der Waals surface area contributed by atoms with E-state index in [1.807, 2.05) is 0 Å². The lowest BCUT2D eigenvalue weighted by Crippen LogP contribution is -2.35. The molecule has 0 bridgehead atoms. The maximum absolute atomic E-state index is 12.0. The lowest BCUT2D eigenvalue weighted by molar-refractivity contribution is -0.153. The van der Waals surface area contributed by atoms with E-state index in [4.69, 9.17) is 0 Å². The number of carbonyl (C=O) groups excluding carboxylic acids is 1. The van der Waals surface area contributed by atoms with Gasteiger partial charge in [0.15, 0.2) is 6.61 Å². The molecule has 128 valence electrons. The van der Waals surface area contributed by atoms with Gasteiger partial charge in [0.25, 0.3) is 0 Å². The minimum absolute atomic E-state index is 0.0684. The average Bonchev–Trinajstić information content (AvgIpc) is 2.89. The number of rotatable bonds is 5. The first-order chi connectivity index (χ1) is 10.8. The molecule has 3 N–H and O–H groups in total. The van der Waals surface area contributed by atoms with Crippen molar-refractivity contribution in [1.82, 2.24) is 5.32 Å². The number of hydrogen-bond acceptors (Lipinski definition) is 3. The van der Waals surface area contributed by atoms with Gasteiger partial charge in [0.1, 0.15) is 5.75 Å². The fourth-order valence-electron chi connectivity index (χ4n) is 2.45. The summed E-state index contributed by atoms with van der Waals surface area (Å²) in [6.45, 7) is -0.968. The summed E-state index contributed by atoms with van der Waals surface area (Å²) < 4.78 is 40.7. The summed E-state index contributed by atoms with van der Waals surface area (Å²) in [5.74, 6) is 0.140. The Morgan fingerprint density at radius 2 is 1.96 bits per heavy atom. The van der Waals surface area contributed by atoms with Gasteiger partial charge < -0.3 is 20.5 Å². The molecule has 1 aliphatic rings. The summed E-state index contributed by atoms with van der Waals surface area (Å²) in [4.78, 5) is 11.7. The number of aliphatic hydroxyl groups excluding tert-OH is 1. The van der Waals surface area contributed by atoms with E-state index < -0.39 is 18.8 Å². The molecule has 5 nitrogen and oxygen atoms in total. The van der Waals surface area contributed by atoms with Crippen molar-refractivity contribution in [2.45, 2.75) is 31.5 Å². The van der Waals surface area contributed by atoms with Crippen LogP contribution in [0.15, 0.2) is 24.3 Å². The number of alkyl halides is 3. The van der Waals surface area contributed by atoms with Crippen molar-refractivity contribution in [2.75, 3.05) is 18.5 Å². The Kier molecular flexibility index (Phi) is 5.70. The molecule has 2 atom stereocenters. The fourth-order valence-corrected chi connectivity index (χ4v) is 2.45. The first-order valence-electron chi connectivity index (χ1n) is 7.36. The largest absolute Gasteiger partial charge is 0.484 e. The van der Waals surface area contributed by atoms with Gasteiger partial charge in [0, 0.05) is 18.2 Å². The van der Waals surface area contributed by atoms with Gasteiger partial charge in [0.05, 0.1) is 6.10 Å². The number of nitrogens with one attached hydrogen (secondary N) is 2. The summed E-state index contributed by atoms with van der Waals surface area (Å²) in [7, 11) is 0. The molecule has 2 rings (SSSR count). The highest BCUT2D eigenvalue weighted by Gasteiger charge is 2.28. The normalized spacial score (nSPS) is 21.0. The third-order valence-corrected chi connectivity index (χ3v) is 3.66. The Hall–Kier alpha value is -1.96. The fraction of sp³-hybridized carbons (Fsp3) is 0.533. The number of anilines is 1. The molecule has 1 saturated carbocycles. The maximum atomic E-state index is 12.0. The van der Waals surface area contributed by atoms with Gasteiger partial charge in [-0.1, -0.05) is 6.42 Å². The molecule has 0 heterocycles. The molecule has 8 heteroatoms. The van der Waals surface area contributed by atoms with Gasteiger partial charge in [-0.3, -0.25) is 0 Å². The van der Waals surface area contributed by atoms with Crippen molar-refractivity contribution in [3.05, 3.63) is 24.3 Å². The third kappa shape index (κ3) is 5.97. The number of urea groups is 1. The van der Waals surface area contributed by atoms with Crippen LogP contribution >= 0.6 is 0 Å². The Morgan fingerprint density at radius 3 is 2.52 bits per heavy atom. The molecule has 0 aliphatic heterocycles. The molecular weight excluding hydrogens is 313 g/mol. The topological polar surface area (TPSA) is 70.6 Å². The number of carbonyl (C=O) groups is 1. The number of benzene rings is 1. The lowest BCUT2D eigenvalue weighted by atomic mass is 10.1. The van der Waals surface area contributed by atoms with E-state index in [2.05, 4.69) is 15.4 Å². The lowest BCUT2D eigenvalue weighted by Gasteiger charge is -2.15. The molecule has 0 spiro atoms. The SMILES string of the molecule is O=C(NC[C@@H]1CCC[C@H]1O)Nc1ccc(OCC(F)(F)F)cc1. The first kappa shape index (κ1) is 17.4. The molecule has 1 fully saturated rings. The van der Waals surface area contributed by atoms with Crippen molar-refractivity contribution in [3.8, 4) is 5.75 Å². The van der Waals surface area contributed by atoms with E-state index in [-0.39, 0.29) is 17.8 Å². The van der Waals surface area contributed by atoms with E-state index in [0.29, 0.717) is 12.2 Å². The number of hydrogen-bond donors (Lipinski definition) is 3. The zero-order valence-corrected chi connectivity index (χ0v) is 12.4. The maximum Gasteiger partial charge on any atom is 0.422 e. The van der Waals surface area contributed by atoms with Crippen LogP contribution in [-0.4, -0.2) is 36.6 Å². The highest BCUT2D eigenvalue weighted by molar-refractivity contribution is 5.89. The number of aliphatic hydroxyl groups is 1. The summed E-state index contributed by atoms with van der Waals surface area (Å²) in [5, 5.41) is 14.9. The second kappa shape index (κ2) is 7.54. The van der Waals surface area contributed by atoms with Crippen molar-refractivity contribution < 1.29 is 27.8 Å². The van der Waals surface area contributed by atoms with Crippen LogP contribution in [0.25, 0.3) is 0 Å². The Bertz CT molecular complexity index is 520. The van der Waals surface area contributed by atoms with Crippen molar-refractivity contribution >= 4 is 11.7 Å². The van der Waals surface area contributed by atoms with Crippen LogP contribution in [0.2, 0.25) is 0 Å². The second-order valence-electron chi connectivity index (χ2n) is 5.52. The second-order valence-corrected chi connectivity index (χ2v) is 5.52. The van der Waals surface area contributed by atoms with Crippen LogP contribution in [-0.2, 0) is 0 Å². The summed E-state index contributed by atoms with van der Waals surface area (Å²) in [5.41, 5.74) is 0.439. The highest BCUT2D eigenvalue weighted by atomic mass is 19.4. The van der Waals surface area contributed by atoms with E-state index in [9.17, 15) is 23.1 Å². The quantitative estimate of drug-likeness (QED) is 0.776. The van der Waals surface area contributed by atoms with E-state index >= 15 is 0 Å². The van der Waals surface area contributed by atoms with Gasteiger partial charge in [0.2, 0.25) is 0 Å². The molecule has 1 aliphatic carbocycles. The monoisotopic (exact) mass is 332 g/mol. The van der Waals surface area contributed by atoms with Gasteiger partial charge in [-0.25, -0.2) is 4.79 Å². The molecular formula is C15H19F3N2O3. The molecule has 1 aromatic rings. The predicted molar refractivity (Wildman–Crippen MR) is 78.4 cm³/mol. The first-order valence-corrected chi connectivity index (χ1v) is 7.36. The van der Waals surface area contributed by atoms with Crippen LogP contribution in [0.5, 0.6) is 5.75 Å². The van der Waals surface area contributed by atoms with E-state index in [1.165, 1.54) is 24.3 Å². The van der Waals surface area contributed by atoms with Crippen molar-refractivity contribution in [3.63, 3.8) is 0 Å². The molecule has 1 aromatic carbocycles. The standard InChI is InChI=1S/C15H19F3N2O3/c16-15(17,18)9-23-12-6-4-11(5-7-12)20-14(22)19-8-10-2-1-3-13(10)21/h4-7,10,13,21H,1-3,8-9H2,(H2,19,20,22)/t10-,13+/m0/s1. The Morgan fingerprint density at radius 1 is 1.26 bits per heavy atom. The summed E-state index contributed by atoms with van der Waals surface area (Å²) >= 11 is 0. The van der Waals surface area contributed by atoms with Crippen LogP contribution in [0.3, 0.4) is 0 Å². The van der Waals surface area contributed by atoms with Crippen molar-refractivity contribution in [2.24, 2.45) is 5.92 Å². The average molecular weight is 332 g/mol. The Balaban J connectivity index is 1.75. The summed E-state index contributed by atoms with van der Waals surface area (Å²) in [6.07, 6.45) is -2.17. The molecule has 0 unspecified atom stereocenters. The molecule has 0 aromatic heterocycles. The number of halogens is 3. The predicted octanol–water partition coefficient (Wildman–Crippen LogP) is 2.91. The van der Waals surface area contributed by atoms with Crippen LogP contribution in [0.4, 0.5) is 23.7 Å². The van der Waals surface area contributed by atoms with Gasteiger partial charge in [-0.2, -0.15) is 13.2 Å². The zero-order chi connectivity index (χ0) is 16.9. The molecule has 2 amide bonds.